The average Bonchev–Trinajstić information content (AvgIpc) is 2.95. The number of likely N-dealkylation sites (tertiary alicyclic amines) is 1. The summed E-state index contributed by atoms with van der Waals surface area (Å²) in [6.07, 6.45) is -0.0708. The summed E-state index contributed by atoms with van der Waals surface area (Å²) >= 11 is 7.25. The van der Waals surface area contributed by atoms with Gasteiger partial charge >= 0.3 is 12.0 Å². The molecule has 3 N–H and O–H groups in total. The van der Waals surface area contributed by atoms with E-state index in [1.54, 1.807) is 6.07 Å². The molecule has 6 nitrogen and oxygen atoms in total. The molecule has 1 saturated heterocycles. The van der Waals surface area contributed by atoms with Crippen LogP contribution in [0.5, 0.6) is 0 Å². The lowest BCUT2D eigenvalue weighted by atomic mass is 10.2. The Morgan fingerprint density at radius 1 is 1.50 bits per heavy atom. The van der Waals surface area contributed by atoms with Crippen molar-refractivity contribution in [2.45, 2.75) is 25.0 Å². The number of aliphatic carboxylic acids is 1. The molecule has 2 heterocycles. The molecule has 0 saturated carbocycles. The molecule has 8 heteroatoms. The molecule has 0 bridgehead atoms. The molecule has 1 aliphatic rings. The van der Waals surface area contributed by atoms with E-state index in [9.17, 15) is 14.7 Å². The number of nitrogens with zero attached hydrogens (tertiary/aromatic N) is 1. The Hall–Kier alpha value is -1.31. The zero-order valence-corrected chi connectivity index (χ0v) is 12.2. The van der Waals surface area contributed by atoms with E-state index in [2.05, 4.69) is 5.32 Å². The van der Waals surface area contributed by atoms with Crippen molar-refractivity contribution >= 4 is 34.9 Å². The number of halogens is 1. The summed E-state index contributed by atoms with van der Waals surface area (Å²) < 4.78 is 0.694. The fraction of sp³-hybridized carbons (Fsp3) is 0.500. The lowest BCUT2D eigenvalue weighted by Crippen LogP contribution is -2.46. The predicted molar refractivity (Wildman–Crippen MR) is 75.2 cm³/mol. The third-order valence-corrected chi connectivity index (χ3v) is 4.39. The van der Waals surface area contributed by atoms with Crippen molar-refractivity contribution in [3.05, 3.63) is 21.3 Å². The van der Waals surface area contributed by atoms with Gasteiger partial charge in [-0.05, 0) is 18.6 Å². The number of β-amino-alcohol motifs (C(OH)–C–C–N with tert-alkyl or cyclic N) is 1. The summed E-state index contributed by atoms with van der Waals surface area (Å²) in [5.74, 6) is -1.10. The minimum absolute atomic E-state index is 0.0492. The van der Waals surface area contributed by atoms with Crippen molar-refractivity contribution in [1.82, 2.24) is 10.2 Å². The Balaban J connectivity index is 1.83. The second kappa shape index (κ2) is 6.43. The van der Waals surface area contributed by atoms with E-state index in [0.717, 1.165) is 9.78 Å². The van der Waals surface area contributed by atoms with E-state index in [-0.39, 0.29) is 13.0 Å². The normalized spacial score (nSPS) is 22.0. The standard InChI is InChI=1S/C12H15ClN2O4S/c13-10-2-1-8(20-10)3-4-14-12(19)15-6-7(16)5-9(15)11(17)18/h1-2,7,9,16H,3-6H2,(H,14,19)(H,17,18)/t7-,9-/m0/s1. The summed E-state index contributed by atoms with van der Waals surface area (Å²) in [5, 5.41) is 21.2. The highest BCUT2D eigenvalue weighted by Gasteiger charge is 2.38. The van der Waals surface area contributed by atoms with E-state index in [1.165, 1.54) is 11.3 Å². The first-order valence-corrected chi connectivity index (χ1v) is 7.36. The number of aliphatic hydroxyl groups excluding tert-OH is 1. The monoisotopic (exact) mass is 318 g/mol. The molecule has 2 amide bonds. The Kier molecular flexibility index (Phi) is 4.85. The van der Waals surface area contributed by atoms with Gasteiger partial charge in [0.2, 0.25) is 0 Å². The Morgan fingerprint density at radius 2 is 2.25 bits per heavy atom. The van der Waals surface area contributed by atoms with Gasteiger partial charge < -0.3 is 20.4 Å². The molecule has 0 aliphatic carbocycles. The maximum atomic E-state index is 11.9. The fourth-order valence-electron chi connectivity index (χ4n) is 2.15. The number of carboxylic acids is 1. The molecule has 2 rings (SSSR count). The van der Waals surface area contributed by atoms with Crippen LogP contribution in [0.25, 0.3) is 0 Å². The highest BCUT2D eigenvalue weighted by Crippen LogP contribution is 2.21. The number of hydrogen-bond acceptors (Lipinski definition) is 4. The van der Waals surface area contributed by atoms with Crippen molar-refractivity contribution in [3.63, 3.8) is 0 Å². The first-order valence-electron chi connectivity index (χ1n) is 6.17. The van der Waals surface area contributed by atoms with Crippen molar-refractivity contribution in [2.24, 2.45) is 0 Å². The van der Waals surface area contributed by atoms with Crippen LogP contribution < -0.4 is 5.32 Å². The number of urea groups is 1. The molecule has 0 spiro atoms. The zero-order valence-electron chi connectivity index (χ0n) is 10.6. The lowest BCUT2D eigenvalue weighted by Gasteiger charge is -2.21. The topological polar surface area (TPSA) is 89.9 Å². The van der Waals surface area contributed by atoms with Crippen molar-refractivity contribution in [2.75, 3.05) is 13.1 Å². The van der Waals surface area contributed by atoms with Gasteiger partial charge in [-0.3, -0.25) is 0 Å². The molecule has 2 atom stereocenters. The number of nitrogens with one attached hydrogen (secondary N) is 1. The summed E-state index contributed by atoms with van der Waals surface area (Å²) in [6, 6.07) is 2.26. The molecule has 0 aromatic carbocycles. The molecule has 1 fully saturated rings. The van der Waals surface area contributed by atoms with Gasteiger partial charge in [0.25, 0.3) is 0 Å². The van der Waals surface area contributed by atoms with E-state index in [0.29, 0.717) is 17.3 Å². The molecule has 0 unspecified atom stereocenters. The molecule has 0 radical (unpaired) electrons. The van der Waals surface area contributed by atoms with Crippen LogP contribution in [0.15, 0.2) is 12.1 Å². The van der Waals surface area contributed by atoms with Gasteiger partial charge in [-0.1, -0.05) is 11.6 Å². The molecule has 110 valence electrons. The number of hydrogen-bond donors (Lipinski definition) is 3. The second-order valence-corrected chi connectivity index (χ2v) is 6.38. The molecule has 1 aliphatic heterocycles. The van der Waals surface area contributed by atoms with Crippen LogP contribution >= 0.6 is 22.9 Å². The highest BCUT2D eigenvalue weighted by molar-refractivity contribution is 7.16. The smallest absolute Gasteiger partial charge is 0.326 e. The second-order valence-electron chi connectivity index (χ2n) is 4.58. The Morgan fingerprint density at radius 3 is 2.85 bits per heavy atom. The molecular formula is C12H15ClN2O4S. The highest BCUT2D eigenvalue weighted by atomic mass is 35.5. The van der Waals surface area contributed by atoms with Crippen LogP contribution in [0.2, 0.25) is 4.34 Å². The Labute approximate surface area is 125 Å². The van der Waals surface area contributed by atoms with E-state index >= 15 is 0 Å². The van der Waals surface area contributed by atoms with Gasteiger partial charge in [0.05, 0.1) is 10.4 Å². The number of carbonyl (C=O) groups excluding carboxylic acids is 1. The number of aliphatic hydroxyl groups is 1. The van der Waals surface area contributed by atoms with Crippen LogP contribution in [0.3, 0.4) is 0 Å². The van der Waals surface area contributed by atoms with Crippen LogP contribution in [0.4, 0.5) is 4.79 Å². The van der Waals surface area contributed by atoms with Crippen molar-refractivity contribution in [3.8, 4) is 0 Å². The maximum absolute atomic E-state index is 11.9. The van der Waals surface area contributed by atoms with Crippen LogP contribution in [0.1, 0.15) is 11.3 Å². The Bertz CT molecular complexity index is 507. The zero-order chi connectivity index (χ0) is 14.7. The lowest BCUT2D eigenvalue weighted by molar-refractivity contribution is -0.141. The first-order chi connectivity index (χ1) is 9.47. The first kappa shape index (κ1) is 15.1. The molecule has 1 aromatic rings. The minimum atomic E-state index is -1.10. The van der Waals surface area contributed by atoms with E-state index in [4.69, 9.17) is 16.7 Å². The number of thiophene rings is 1. The van der Waals surface area contributed by atoms with E-state index in [1.807, 2.05) is 6.07 Å². The number of carbonyl (C=O) groups is 2. The average molecular weight is 319 g/mol. The minimum Gasteiger partial charge on any atom is -0.480 e. The number of amides is 2. The summed E-state index contributed by atoms with van der Waals surface area (Å²) in [4.78, 5) is 25.1. The van der Waals surface area contributed by atoms with Crippen LogP contribution in [-0.4, -0.2) is 52.3 Å². The summed E-state index contributed by atoms with van der Waals surface area (Å²) in [5.41, 5.74) is 0. The number of rotatable bonds is 4. The quantitative estimate of drug-likeness (QED) is 0.777. The summed E-state index contributed by atoms with van der Waals surface area (Å²) in [6.45, 7) is 0.447. The summed E-state index contributed by atoms with van der Waals surface area (Å²) in [7, 11) is 0. The molecular weight excluding hydrogens is 304 g/mol. The third kappa shape index (κ3) is 3.62. The largest absolute Gasteiger partial charge is 0.480 e. The van der Waals surface area contributed by atoms with Gasteiger partial charge in [0, 0.05) is 24.4 Å². The van der Waals surface area contributed by atoms with Crippen molar-refractivity contribution in [1.29, 1.82) is 0 Å². The maximum Gasteiger partial charge on any atom is 0.326 e. The third-order valence-electron chi connectivity index (χ3n) is 3.10. The number of carboxylic acid groups (broad SMARTS) is 1. The van der Waals surface area contributed by atoms with Crippen LogP contribution in [-0.2, 0) is 11.2 Å². The molecule has 20 heavy (non-hydrogen) atoms. The van der Waals surface area contributed by atoms with Gasteiger partial charge in [0.1, 0.15) is 6.04 Å². The fourth-order valence-corrected chi connectivity index (χ4v) is 3.24. The SMILES string of the molecule is O=C(O)[C@@H]1C[C@H](O)CN1C(=O)NCCc1ccc(Cl)s1. The molecule has 1 aromatic heterocycles. The van der Waals surface area contributed by atoms with Gasteiger partial charge in [-0.15, -0.1) is 11.3 Å². The van der Waals surface area contributed by atoms with Gasteiger partial charge in [0.15, 0.2) is 0 Å². The van der Waals surface area contributed by atoms with Crippen molar-refractivity contribution < 1.29 is 19.8 Å². The van der Waals surface area contributed by atoms with Gasteiger partial charge in [-0.25, -0.2) is 9.59 Å². The predicted octanol–water partition coefficient (Wildman–Crippen LogP) is 1.17. The van der Waals surface area contributed by atoms with Crippen LogP contribution in [0, 0.1) is 0 Å². The van der Waals surface area contributed by atoms with Gasteiger partial charge in [-0.2, -0.15) is 0 Å². The van der Waals surface area contributed by atoms with E-state index < -0.39 is 24.1 Å².